The molecular formula is C8H12F2N2O3. The van der Waals surface area contributed by atoms with Gasteiger partial charge in [0, 0.05) is 13.1 Å². The fraction of sp³-hybridized carbons (Fsp3) is 0.875. The Labute approximate surface area is 85.1 Å². The van der Waals surface area contributed by atoms with Crippen LogP contribution in [0.15, 0.2) is 0 Å². The van der Waals surface area contributed by atoms with Gasteiger partial charge in [-0.1, -0.05) is 0 Å². The van der Waals surface area contributed by atoms with Gasteiger partial charge in [-0.25, -0.2) is 0 Å². The van der Waals surface area contributed by atoms with Gasteiger partial charge in [-0.05, 0) is 0 Å². The fourth-order valence-electron chi connectivity index (χ4n) is 1.65. The van der Waals surface area contributed by atoms with Gasteiger partial charge in [0.1, 0.15) is 5.60 Å². The molecule has 0 aliphatic carbocycles. The molecule has 0 aromatic carbocycles. The fourth-order valence-corrected chi connectivity index (χ4v) is 1.65. The third-order valence-electron chi connectivity index (χ3n) is 2.42. The molecule has 0 saturated carbocycles. The van der Waals surface area contributed by atoms with Crippen LogP contribution in [0.3, 0.4) is 0 Å². The maximum Gasteiger partial charge on any atom is 0.437 e. The molecule has 2 rings (SSSR count). The zero-order valence-electron chi connectivity index (χ0n) is 8.02. The number of morpholine rings is 1. The van der Waals surface area contributed by atoms with Crippen LogP contribution in [0.4, 0.5) is 8.78 Å². The lowest BCUT2D eigenvalue weighted by molar-refractivity contribution is -0.295. The van der Waals surface area contributed by atoms with E-state index in [0.717, 1.165) is 0 Å². The Balaban J connectivity index is 2.11. The van der Waals surface area contributed by atoms with Crippen LogP contribution in [0, 0.1) is 0 Å². The first-order valence-electron chi connectivity index (χ1n) is 4.69. The molecule has 2 saturated heterocycles. The van der Waals surface area contributed by atoms with Gasteiger partial charge in [-0.2, -0.15) is 8.78 Å². The number of hydrogen-bond acceptors (Lipinski definition) is 4. The lowest BCUT2D eigenvalue weighted by atomic mass is 10.0. The van der Waals surface area contributed by atoms with Crippen LogP contribution in [0.25, 0.3) is 0 Å². The maximum absolute atomic E-state index is 13.0. The number of alkyl halides is 2. The first-order chi connectivity index (χ1) is 7.04. The summed E-state index contributed by atoms with van der Waals surface area (Å²) < 4.78 is 35.8. The van der Waals surface area contributed by atoms with Crippen molar-refractivity contribution in [1.29, 1.82) is 0 Å². The lowest BCUT2D eigenvalue weighted by Gasteiger charge is -2.39. The van der Waals surface area contributed by atoms with E-state index in [4.69, 9.17) is 4.74 Å². The van der Waals surface area contributed by atoms with Gasteiger partial charge in [0.2, 0.25) is 0 Å². The molecule has 0 aromatic heterocycles. The average molecular weight is 222 g/mol. The van der Waals surface area contributed by atoms with Gasteiger partial charge in [-0.3, -0.25) is 4.79 Å². The van der Waals surface area contributed by atoms with Crippen molar-refractivity contribution in [2.75, 3.05) is 32.8 Å². The molecule has 1 unspecified atom stereocenters. The first kappa shape index (κ1) is 10.7. The molecule has 2 aliphatic heterocycles. The molecule has 1 amide bonds. The van der Waals surface area contributed by atoms with E-state index in [1.165, 1.54) is 0 Å². The Morgan fingerprint density at radius 2 is 2.13 bits per heavy atom. The number of amides is 1. The van der Waals surface area contributed by atoms with E-state index in [-0.39, 0.29) is 19.7 Å². The minimum absolute atomic E-state index is 0.0361. The van der Waals surface area contributed by atoms with Gasteiger partial charge in [0.05, 0.1) is 19.8 Å². The Bertz CT molecular complexity index is 265. The smallest absolute Gasteiger partial charge is 0.377 e. The van der Waals surface area contributed by atoms with Crippen LogP contribution in [0.5, 0.6) is 0 Å². The van der Waals surface area contributed by atoms with E-state index in [9.17, 15) is 13.6 Å². The highest BCUT2D eigenvalue weighted by molar-refractivity contribution is 5.82. The zero-order chi connectivity index (χ0) is 10.9. The predicted molar refractivity (Wildman–Crippen MR) is 45.5 cm³/mol. The van der Waals surface area contributed by atoms with Crippen molar-refractivity contribution in [2.24, 2.45) is 0 Å². The number of carbonyl (C=O) groups is 1. The number of carbonyl (C=O) groups excluding carboxylic acids is 1. The quantitative estimate of drug-likeness (QED) is 0.556. The molecule has 2 fully saturated rings. The van der Waals surface area contributed by atoms with Crippen molar-refractivity contribution in [3.05, 3.63) is 0 Å². The first-order valence-corrected chi connectivity index (χ1v) is 4.69. The lowest BCUT2D eigenvalue weighted by Crippen LogP contribution is -2.64. The summed E-state index contributed by atoms with van der Waals surface area (Å²) in [5, 5.41) is 5.05. The van der Waals surface area contributed by atoms with E-state index in [1.54, 1.807) is 0 Å². The third kappa shape index (κ3) is 2.09. The van der Waals surface area contributed by atoms with Gasteiger partial charge in [0.15, 0.2) is 0 Å². The van der Waals surface area contributed by atoms with Crippen molar-refractivity contribution in [1.82, 2.24) is 10.6 Å². The summed E-state index contributed by atoms with van der Waals surface area (Å²) in [7, 11) is 0. The molecular weight excluding hydrogens is 210 g/mol. The zero-order valence-corrected chi connectivity index (χ0v) is 8.02. The van der Waals surface area contributed by atoms with E-state index < -0.39 is 17.6 Å². The molecule has 15 heavy (non-hydrogen) atoms. The average Bonchev–Trinajstić information content (AvgIpc) is 2.38. The minimum atomic E-state index is -3.77. The number of halogens is 2. The van der Waals surface area contributed by atoms with E-state index in [1.807, 2.05) is 0 Å². The summed E-state index contributed by atoms with van der Waals surface area (Å²) in [4.78, 5) is 10.8. The highest BCUT2D eigenvalue weighted by Crippen LogP contribution is 2.28. The summed E-state index contributed by atoms with van der Waals surface area (Å²) in [5.41, 5.74) is -1.16. The van der Waals surface area contributed by atoms with Crippen molar-refractivity contribution in [3.63, 3.8) is 0 Å². The van der Waals surface area contributed by atoms with Gasteiger partial charge < -0.3 is 20.1 Å². The minimum Gasteiger partial charge on any atom is -0.377 e. The predicted octanol–water partition coefficient (Wildman–Crippen LogP) is -0.916. The molecule has 86 valence electrons. The van der Waals surface area contributed by atoms with Crippen molar-refractivity contribution in [2.45, 2.75) is 11.7 Å². The van der Waals surface area contributed by atoms with Crippen LogP contribution in [-0.4, -0.2) is 50.5 Å². The van der Waals surface area contributed by atoms with Gasteiger partial charge in [0.25, 0.3) is 0 Å². The normalized spacial score (nSPS) is 36.0. The Hall–Kier alpha value is -0.790. The number of ether oxygens (including phenoxy) is 2. The van der Waals surface area contributed by atoms with Crippen LogP contribution in [0.1, 0.15) is 0 Å². The van der Waals surface area contributed by atoms with E-state index in [0.29, 0.717) is 13.2 Å². The molecule has 2 N–H and O–H groups in total. The Kier molecular flexibility index (Phi) is 2.61. The third-order valence-corrected chi connectivity index (χ3v) is 2.42. The number of rotatable bonds is 0. The summed E-state index contributed by atoms with van der Waals surface area (Å²) in [5.74, 6) is -1.39. The molecule has 0 aromatic rings. The molecule has 7 heteroatoms. The molecule has 0 bridgehead atoms. The van der Waals surface area contributed by atoms with E-state index in [2.05, 4.69) is 15.4 Å². The van der Waals surface area contributed by atoms with Gasteiger partial charge in [-0.15, -0.1) is 0 Å². The highest BCUT2D eigenvalue weighted by atomic mass is 19.3. The SMILES string of the molecule is O=C1NCC2(CNCCOC2)OC1(F)F. The van der Waals surface area contributed by atoms with Crippen molar-refractivity contribution >= 4 is 5.91 Å². The monoisotopic (exact) mass is 222 g/mol. The topological polar surface area (TPSA) is 59.6 Å². The highest BCUT2D eigenvalue weighted by Gasteiger charge is 2.53. The largest absolute Gasteiger partial charge is 0.437 e. The molecule has 2 heterocycles. The summed E-state index contributed by atoms with van der Waals surface area (Å²) in [6.07, 6.45) is -3.77. The number of hydrogen-bond donors (Lipinski definition) is 2. The van der Waals surface area contributed by atoms with E-state index >= 15 is 0 Å². The molecule has 1 spiro atoms. The van der Waals surface area contributed by atoms with Crippen molar-refractivity contribution in [3.8, 4) is 0 Å². The van der Waals surface area contributed by atoms with Crippen LogP contribution >= 0.6 is 0 Å². The maximum atomic E-state index is 13.0. The molecule has 1 atom stereocenters. The Morgan fingerprint density at radius 1 is 1.33 bits per heavy atom. The molecule has 5 nitrogen and oxygen atoms in total. The molecule has 2 aliphatic rings. The summed E-state index contributed by atoms with van der Waals surface area (Å²) >= 11 is 0. The standard InChI is InChI=1S/C8H12F2N2O3/c9-8(10)6(13)12-4-7(15-8)3-11-1-2-14-5-7/h11H,1-5H2,(H,12,13). The van der Waals surface area contributed by atoms with Crippen LogP contribution in [0.2, 0.25) is 0 Å². The molecule has 0 radical (unpaired) electrons. The van der Waals surface area contributed by atoms with Crippen LogP contribution in [-0.2, 0) is 14.3 Å². The second-order valence-electron chi connectivity index (χ2n) is 3.71. The van der Waals surface area contributed by atoms with Crippen molar-refractivity contribution < 1.29 is 23.0 Å². The summed E-state index contributed by atoms with van der Waals surface area (Å²) in [6, 6.07) is 0. The Morgan fingerprint density at radius 3 is 2.87 bits per heavy atom. The van der Waals surface area contributed by atoms with Gasteiger partial charge >= 0.3 is 12.0 Å². The second-order valence-corrected chi connectivity index (χ2v) is 3.71. The number of nitrogens with one attached hydrogen (secondary N) is 2. The summed E-state index contributed by atoms with van der Waals surface area (Å²) in [6.45, 7) is 1.36. The van der Waals surface area contributed by atoms with Crippen LogP contribution < -0.4 is 10.6 Å². The second kappa shape index (κ2) is 3.66.